The van der Waals surface area contributed by atoms with Crippen LogP contribution in [0.5, 0.6) is 0 Å². The van der Waals surface area contributed by atoms with Crippen LogP contribution in [0.25, 0.3) is 0 Å². The summed E-state index contributed by atoms with van der Waals surface area (Å²) in [7, 11) is 1.66. The topological polar surface area (TPSA) is 96.3 Å². The first-order valence-electron chi connectivity index (χ1n) is 9.67. The minimum atomic E-state index is -2.76. The largest absolute Gasteiger partial charge is 0.354 e. The molecule has 2 rings (SSSR count). The zero-order valence-corrected chi connectivity index (χ0v) is 17.5. The van der Waals surface area contributed by atoms with Gasteiger partial charge in [-0.05, 0) is 26.2 Å². The second kappa shape index (κ2) is 9.32. The number of halogens is 2. The van der Waals surface area contributed by atoms with Gasteiger partial charge in [-0.3, -0.25) is 14.4 Å². The Balaban J connectivity index is 1.94. The maximum Gasteiger partial charge on any atom is 0.333 e. The van der Waals surface area contributed by atoms with Crippen LogP contribution in [0.1, 0.15) is 43.8 Å². The second-order valence-corrected chi connectivity index (χ2v) is 7.81. The van der Waals surface area contributed by atoms with Crippen LogP contribution < -0.4 is 10.6 Å². The van der Waals surface area contributed by atoms with Gasteiger partial charge in [-0.2, -0.15) is 13.9 Å². The Morgan fingerprint density at radius 2 is 1.93 bits per heavy atom. The first kappa shape index (κ1) is 22.8. The third kappa shape index (κ3) is 5.30. The van der Waals surface area contributed by atoms with Gasteiger partial charge < -0.3 is 15.5 Å². The quantitative estimate of drug-likeness (QED) is 0.626. The molecule has 1 aromatic rings. The highest BCUT2D eigenvalue weighted by Gasteiger charge is 2.36. The predicted molar refractivity (Wildman–Crippen MR) is 102 cm³/mol. The van der Waals surface area contributed by atoms with E-state index in [1.165, 1.54) is 11.8 Å². The number of aryl methyl sites for hydroxylation is 1. The molecule has 8 nitrogen and oxygen atoms in total. The Morgan fingerprint density at radius 3 is 2.41 bits per heavy atom. The number of rotatable bonds is 8. The molecule has 0 bridgehead atoms. The molecule has 2 atom stereocenters. The second-order valence-electron chi connectivity index (χ2n) is 7.81. The molecule has 0 aromatic carbocycles. The average molecular weight is 413 g/mol. The van der Waals surface area contributed by atoms with Crippen molar-refractivity contribution in [3.8, 4) is 0 Å². The standard InChI is InChI=1S/C19H29F2N5O3/c1-10(2)15(23-17(28)13-6-7-25(5)18(13)29)9-22-16(27)8-14-11(3)24-26(12(14)4)19(20)21/h10,13,15,19H,6-9H2,1-5H3,(H,22,27)(H,23,28). The van der Waals surface area contributed by atoms with Gasteiger partial charge in [0.15, 0.2) is 0 Å². The number of hydrogen-bond acceptors (Lipinski definition) is 4. The van der Waals surface area contributed by atoms with Gasteiger partial charge in [-0.25, -0.2) is 4.68 Å². The van der Waals surface area contributed by atoms with Crippen molar-refractivity contribution in [2.75, 3.05) is 20.1 Å². The zero-order chi connectivity index (χ0) is 21.9. The van der Waals surface area contributed by atoms with Gasteiger partial charge in [0.2, 0.25) is 17.7 Å². The van der Waals surface area contributed by atoms with Gasteiger partial charge in [0.05, 0.1) is 12.1 Å². The van der Waals surface area contributed by atoms with E-state index in [9.17, 15) is 23.2 Å². The van der Waals surface area contributed by atoms with E-state index in [1.807, 2.05) is 13.8 Å². The van der Waals surface area contributed by atoms with Gasteiger partial charge in [-0.15, -0.1) is 0 Å². The van der Waals surface area contributed by atoms with Gasteiger partial charge >= 0.3 is 6.55 Å². The van der Waals surface area contributed by atoms with E-state index in [-0.39, 0.29) is 48.3 Å². The minimum Gasteiger partial charge on any atom is -0.354 e. The maximum atomic E-state index is 12.9. The number of carbonyl (C=O) groups excluding carboxylic acids is 3. The van der Waals surface area contributed by atoms with E-state index in [1.54, 1.807) is 14.0 Å². The third-order valence-corrected chi connectivity index (χ3v) is 5.39. The van der Waals surface area contributed by atoms with Crippen molar-refractivity contribution in [1.82, 2.24) is 25.3 Å². The van der Waals surface area contributed by atoms with Crippen LogP contribution in [-0.4, -0.2) is 58.6 Å². The van der Waals surface area contributed by atoms with Crippen molar-refractivity contribution in [3.05, 3.63) is 17.0 Å². The molecule has 1 aliphatic heterocycles. The Hall–Kier alpha value is -2.52. The van der Waals surface area contributed by atoms with Crippen molar-refractivity contribution in [2.24, 2.45) is 11.8 Å². The monoisotopic (exact) mass is 413 g/mol. The van der Waals surface area contributed by atoms with Crippen LogP contribution in [0.15, 0.2) is 0 Å². The number of nitrogens with one attached hydrogen (secondary N) is 2. The summed E-state index contributed by atoms with van der Waals surface area (Å²) >= 11 is 0. The van der Waals surface area contributed by atoms with Crippen molar-refractivity contribution in [1.29, 1.82) is 0 Å². The molecule has 162 valence electrons. The summed E-state index contributed by atoms with van der Waals surface area (Å²) in [6.07, 6.45) is 0.403. The molecule has 3 amide bonds. The fourth-order valence-electron chi connectivity index (χ4n) is 3.39. The molecule has 2 heterocycles. The van der Waals surface area contributed by atoms with Crippen molar-refractivity contribution >= 4 is 17.7 Å². The number of aromatic nitrogens is 2. The zero-order valence-electron chi connectivity index (χ0n) is 17.5. The molecule has 1 fully saturated rings. The van der Waals surface area contributed by atoms with Crippen LogP contribution in [0.4, 0.5) is 8.78 Å². The van der Waals surface area contributed by atoms with E-state index in [4.69, 9.17) is 0 Å². The summed E-state index contributed by atoms with van der Waals surface area (Å²) < 4.78 is 26.5. The van der Waals surface area contributed by atoms with E-state index >= 15 is 0 Å². The van der Waals surface area contributed by atoms with E-state index in [0.29, 0.717) is 28.9 Å². The SMILES string of the molecule is Cc1nn(C(F)F)c(C)c1CC(=O)NCC(NC(=O)C1CCN(C)C1=O)C(C)C. The molecule has 2 unspecified atom stereocenters. The number of amides is 3. The van der Waals surface area contributed by atoms with E-state index < -0.39 is 12.5 Å². The van der Waals surface area contributed by atoms with Crippen LogP contribution in [0.3, 0.4) is 0 Å². The number of likely N-dealkylation sites (tertiary alicyclic amines) is 1. The number of alkyl halides is 2. The molecular formula is C19H29F2N5O3. The summed E-state index contributed by atoms with van der Waals surface area (Å²) in [5.74, 6) is -1.55. The first-order chi connectivity index (χ1) is 13.5. The van der Waals surface area contributed by atoms with Crippen LogP contribution in [0.2, 0.25) is 0 Å². The lowest BCUT2D eigenvalue weighted by atomic mass is 10.0. The molecule has 1 aromatic heterocycles. The number of hydrogen-bond donors (Lipinski definition) is 2. The Bertz CT molecular complexity index is 778. The van der Waals surface area contributed by atoms with Gasteiger partial charge in [0, 0.05) is 37.4 Å². The molecule has 0 aliphatic carbocycles. The Kier molecular flexibility index (Phi) is 7.32. The fraction of sp³-hybridized carbons (Fsp3) is 0.684. The fourth-order valence-corrected chi connectivity index (χ4v) is 3.39. The van der Waals surface area contributed by atoms with Crippen LogP contribution in [-0.2, 0) is 20.8 Å². The van der Waals surface area contributed by atoms with Gasteiger partial charge in [0.1, 0.15) is 5.92 Å². The average Bonchev–Trinajstić information content (AvgIpc) is 3.12. The molecule has 1 aliphatic rings. The molecule has 0 spiro atoms. The highest BCUT2D eigenvalue weighted by molar-refractivity contribution is 6.01. The Labute approximate surface area is 169 Å². The maximum absolute atomic E-state index is 12.9. The summed E-state index contributed by atoms with van der Waals surface area (Å²) in [6, 6.07) is -0.351. The molecule has 2 N–H and O–H groups in total. The molecular weight excluding hydrogens is 384 g/mol. The number of nitrogens with zero attached hydrogens (tertiary/aromatic N) is 3. The Morgan fingerprint density at radius 1 is 1.28 bits per heavy atom. The van der Waals surface area contributed by atoms with E-state index in [0.717, 1.165) is 0 Å². The molecule has 0 saturated carbocycles. The van der Waals surface area contributed by atoms with Crippen molar-refractivity contribution in [2.45, 2.75) is 53.1 Å². The summed E-state index contributed by atoms with van der Waals surface area (Å²) in [6.45, 7) is 4.86. The highest BCUT2D eigenvalue weighted by atomic mass is 19.3. The molecule has 29 heavy (non-hydrogen) atoms. The van der Waals surface area contributed by atoms with Gasteiger partial charge in [-0.1, -0.05) is 13.8 Å². The third-order valence-electron chi connectivity index (χ3n) is 5.39. The normalized spacial score (nSPS) is 17.9. The highest BCUT2D eigenvalue weighted by Crippen LogP contribution is 2.20. The summed E-state index contributed by atoms with van der Waals surface area (Å²) in [4.78, 5) is 38.3. The summed E-state index contributed by atoms with van der Waals surface area (Å²) in [5.41, 5.74) is 1.10. The lowest BCUT2D eigenvalue weighted by molar-refractivity contribution is -0.137. The molecule has 10 heteroatoms. The predicted octanol–water partition coefficient (Wildman–Crippen LogP) is 1.17. The van der Waals surface area contributed by atoms with Gasteiger partial charge in [0.25, 0.3) is 0 Å². The lowest BCUT2D eigenvalue weighted by Gasteiger charge is -2.24. The molecule has 1 saturated heterocycles. The number of carbonyl (C=O) groups is 3. The van der Waals surface area contributed by atoms with Crippen LogP contribution >= 0.6 is 0 Å². The van der Waals surface area contributed by atoms with Crippen LogP contribution in [0, 0.1) is 25.7 Å². The first-order valence-corrected chi connectivity index (χ1v) is 9.67. The molecule has 0 radical (unpaired) electrons. The van der Waals surface area contributed by atoms with Crippen molar-refractivity contribution in [3.63, 3.8) is 0 Å². The summed E-state index contributed by atoms with van der Waals surface area (Å²) in [5, 5.41) is 9.38. The van der Waals surface area contributed by atoms with E-state index in [2.05, 4.69) is 15.7 Å². The minimum absolute atomic E-state index is 0.0264. The van der Waals surface area contributed by atoms with Crippen molar-refractivity contribution < 1.29 is 23.2 Å². The lowest BCUT2D eigenvalue weighted by Crippen LogP contribution is -2.49. The smallest absolute Gasteiger partial charge is 0.333 e.